The SMILES string of the molecule is COC(=O)c1cccc(NC(=O)CCC(=O)c2ccc(C)cc2)c1C. The molecular weight excluding hydrogens is 318 g/mol. The highest BCUT2D eigenvalue weighted by Crippen LogP contribution is 2.20. The molecule has 1 N–H and O–H groups in total. The van der Waals surface area contributed by atoms with Crippen molar-refractivity contribution in [2.45, 2.75) is 26.7 Å². The van der Waals surface area contributed by atoms with Crippen LogP contribution in [0.3, 0.4) is 0 Å². The van der Waals surface area contributed by atoms with Gasteiger partial charge in [-0.25, -0.2) is 4.79 Å². The van der Waals surface area contributed by atoms with E-state index in [1.807, 2.05) is 19.1 Å². The fourth-order valence-corrected chi connectivity index (χ4v) is 2.43. The van der Waals surface area contributed by atoms with Crippen LogP contribution in [0.15, 0.2) is 42.5 Å². The fourth-order valence-electron chi connectivity index (χ4n) is 2.43. The molecule has 25 heavy (non-hydrogen) atoms. The van der Waals surface area contributed by atoms with Gasteiger partial charge in [-0.3, -0.25) is 9.59 Å². The normalized spacial score (nSPS) is 10.2. The van der Waals surface area contributed by atoms with E-state index >= 15 is 0 Å². The second-order valence-electron chi connectivity index (χ2n) is 5.81. The van der Waals surface area contributed by atoms with E-state index in [2.05, 4.69) is 5.32 Å². The average molecular weight is 339 g/mol. The van der Waals surface area contributed by atoms with Crippen molar-refractivity contribution in [1.82, 2.24) is 0 Å². The molecule has 0 heterocycles. The zero-order valence-corrected chi connectivity index (χ0v) is 14.6. The van der Waals surface area contributed by atoms with Crippen molar-refractivity contribution in [1.29, 1.82) is 0 Å². The van der Waals surface area contributed by atoms with Crippen LogP contribution in [0, 0.1) is 13.8 Å². The van der Waals surface area contributed by atoms with Gasteiger partial charge in [0.05, 0.1) is 12.7 Å². The Bertz CT molecular complexity index is 794. The first-order chi connectivity index (χ1) is 11.9. The number of carbonyl (C=O) groups is 3. The number of esters is 1. The highest BCUT2D eigenvalue weighted by atomic mass is 16.5. The predicted octanol–water partition coefficient (Wildman–Crippen LogP) is 3.69. The van der Waals surface area contributed by atoms with E-state index in [1.165, 1.54) is 7.11 Å². The van der Waals surface area contributed by atoms with Gasteiger partial charge in [0, 0.05) is 24.1 Å². The van der Waals surface area contributed by atoms with Gasteiger partial charge < -0.3 is 10.1 Å². The van der Waals surface area contributed by atoms with E-state index in [1.54, 1.807) is 37.3 Å². The summed E-state index contributed by atoms with van der Waals surface area (Å²) < 4.78 is 4.72. The monoisotopic (exact) mass is 339 g/mol. The number of nitrogens with one attached hydrogen (secondary N) is 1. The number of rotatable bonds is 6. The maximum atomic E-state index is 12.1. The van der Waals surface area contributed by atoms with Gasteiger partial charge >= 0.3 is 5.97 Å². The number of carbonyl (C=O) groups excluding carboxylic acids is 3. The summed E-state index contributed by atoms with van der Waals surface area (Å²) in [7, 11) is 1.31. The van der Waals surface area contributed by atoms with E-state index in [4.69, 9.17) is 4.74 Å². The zero-order chi connectivity index (χ0) is 18.4. The number of aryl methyl sites for hydroxylation is 1. The molecule has 0 aliphatic carbocycles. The predicted molar refractivity (Wildman–Crippen MR) is 95.9 cm³/mol. The topological polar surface area (TPSA) is 72.5 Å². The molecule has 2 rings (SSSR count). The van der Waals surface area contributed by atoms with Gasteiger partial charge in [-0.2, -0.15) is 0 Å². The summed E-state index contributed by atoms with van der Waals surface area (Å²) in [4.78, 5) is 35.9. The Morgan fingerprint density at radius 1 is 0.960 bits per heavy atom. The molecule has 0 atom stereocenters. The summed E-state index contributed by atoms with van der Waals surface area (Å²) >= 11 is 0. The number of amides is 1. The van der Waals surface area contributed by atoms with Gasteiger partial charge in [-0.15, -0.1) is 0 Å². The van der Waals surface area contributed by atoms with Crippen LogP contribution in [0.5, 0.6) is 0 Å². The van der Waals surface area contributed by atoms with E-state index in [0.29, 0.717) is 22.4 Å². The van der Waals surface area contributed by atoms with Crippen LogP contribution in [0.4, 0.5) is 5.69 Å². The maximum Gasteiger partial charge on any atom is 0.338 e. The van der Waals surface area contributed by atoms with Crippen LogP contribution in [0.1, 0.15) is 44.7 Å². The molecule has 0 saturated heterocycles. The van der Waals surface area contributed by atoms with Crippen LogP contribution in [-0.2, 0) is 9.53 Å². The summed E-state index contributed by atoms with van der Waals surface area (Å²) in [6.45, 7) is 3.69. The third-order valence-corrected chi connectivity index (χ3v) is 3.97. The van der Waals surface area contributed by atoms with Gasteiger partial charge in [0.2, 0.25) is 5.91 Å². The van der Waals surface area contributed by atoms with Crippen molar-refractivity contribution in [3.05, 3.63) is 64.7 Å². The molecule has 5 nitrogen and oxygen atoms in total. The number of hydrogen-bond donors (Lipinski definition) is 1. The third-order valence-electron chi connectivity index (χ3n) is 3.97. The number of ketones is 1. The molecular formula is C20H21NO4. The van der Waals surface area contributed by atoms with Gasteiger partial charge in [-0.1, -0.05) is 35.9 Å². The minimum atomic E-state index is -0.455. The molecule has 2 aromatic carbocycles. The highest BCUT2D eigenvalue weighted by molar-refractivity contribution is 6.01. The lowest BCUT2D eigenvalue weighted by Crippen LogP contribution is -2.15. The molecule has 0 spiro atoms. The van der Waals surface area contributed by atoms with Crippen molar-refractivity contribution in [2.24, 2.45) is 0 Å². The van der Waals surface area contributed by atoms with Crippen LogP contribution in [-0.4, -0.2) is 24.8 Å². The van der Waals surface area contributed by atoms with E-state index < -0.39 is 5.97 Å². The Morgan fingerprint density at radius 3 is 2.28 bits per heavy atom. The largest absolute Gasteiger partial charge is 0.465 e. The minimum absolute atomic E-state index is 0.0739. The van der Waals surface area contributed by atoms with Crippen molar-refractivity contribution >= 4 is 23.3 Å². The fraction of sp³-hybridized carbons (Fsp3) is 0.250. The lowest BCUT2D eigenvalue weighted by Gasteiger charge is -2.11. The summed E-state index contributed by atoms with van der Waals surface area (Å²) in [6, 6.07) is 12.3. The lowest BCUT2D eigenvalue weighted by molar-refractivity contribution is -0.116. The number of ether oxygens (including phenoxy) is 1. The minimum Gasteiger partial charge on any atom is -0.465 e. The summed E-state index contributed by atoms with van der Waals surface area (Å²) in [5, 5.41) is 2.75. The Morgan fingerprint density at radius 2 is 1.64 bits per heavy atom. The number of methoxy groups -OCH3 is 1. The zero-order valence-electron chi connectivity index (χ0n) is 14.6. The van der Waals surface area contributed by atoms with E-state index in [-0.39, 0.29) is 24.5 Å². The van der Waals surface area contributed by atoms with E-state index in [0.717, 1.165) is 5.56 Å². The first-order valence-electron chi connectivity index (χ1n) is 8.00. The van der Waals surface area contributed by atoms with Crippen molar-refractivity contribution in [3.63, 3.8) is 0 Å². The van der Waals surface area contributed by atoms with Crippen molar-refractivity contribution in [2.75, 3.05) is 12.4 Å². The first kappa shape index (κ1) is 18.4. The molecule has 0 unspecified atom stereocenters. The van der Waals surface area contributed by atoms with Crippen LogP contribution in [0.25, 0.3) is 0 Å². The summed E-state index contributed by atoms with van der Waals surface area (Å²) in [5.41, 5.74) is 3.25. The van der Waals surface area contributed by atoms with Crippen molar-refractivity contribution < 1.29 is 19.1 Å². The number of Topliss-reactive ketones (excluding diaryl/α,β-unsaturated/α-hetero) is 1. The highest BCUT2D eigenvalue weighted by Gasteiger charge is 2.14. The van der Waals surface area contributed by atoms with Gasteiger partial charge in [-0.05, 0) is 31.5 Å². The molecule has 0 aliphatic heterocycles. The molecule has 2 aromatic rings. The summed E-state index contributed by atoms with van der Waals surface area (Å²) in [5.74, 6) is -0.802. The lowest BCUT2D eigenvalue weighted by atomic mass is 10.0. The molecule has 0 bridgehead atoms. The second kappa shape index (κ2) is 8.24. The number of anilines is 1. The Hall–Kier alpha value is -2.95. The summed E-state index contributed by atoms with van der Waals surface area (Å²) in [6.07, 6.45) is 0.208. The molecule has 0 fully saturated rings. The Labute approximate surface area is 147 Å². The number of hydrogen-bond acceptors (Lipinski definition) is 4. The molecule has 0 aromatic heterocycles. The third kappa shape index (κ3) is 4.76. The molecule has 5 heteroatoms. The smallest absolute Gasteiger partial charge is 0.338 e. The van der Waals surface area contributed by atoms with Crippen LogP contribution < -0.4 is 5.32 Å². The Balaban J connectivity index is 1.97. The van der Waals surface area contributed by atoms with Gasteiger partial charge in [0.25, 0.3) is 0 Å². The molecule has 1 amide bonds. The molecule has 130 valence electrons. The maximum absolute atomic E-state index is 12.1. The van der Waals surface area contributed by atoms with Crippen LogP contribution >= 0.6 is 0 Å². The molecule has 0 aliphatic rings. The van der Waals surface area contributed by atoms with Gasteiger partial charge in [0.15, 0.2) is 5.78 Å². The van der Waals surface area contributed by atoms with E-state index in [9.17, 15) is 14.4 Å². The van der Waals surface area contributed by atoms with Crippen molar-refractivity contribution in [3.8, 4) is 0 Å². The van der Waals surface area contributed by atoms with Gasteiger partial charge in [0.1, 0.15) is 0 Å². The second-order valence-corrected chi connectivity index (χ2v) is 5.81. The quantitative estimate of drug-likeness (QED) is 0.643. The first-order valence-corrected chi connectivity index (χ1v) is 8.00. The Kier molecular flexibility index (Phi) is 6.06. The molecule has 0 saturated carbocycles. The number of benzene rings is 2. The van der Waals surface area contributed by atoms with Crippen LogP contribution in [0.2, 0.25) is 0 Å². The standard InChI is InChI=1S/C20H21NO4/c1-13-7-9-15(10-8-13)18(22)11-12-19(23)21-17-6-4-5-16(14(17)2)20(24)25-3/h4-10H,11-12H2,1-3H3,(H,21,23). The molecule has 0 radical (unpaired) electrons. The average Bonchev–Trinajstić information content (AvgIpc) is 2.61.